The molecule has 8 heteroatoms. The van der Waals surface area contributed by atoms with Gasteiger partial charge in [0.25, 0.3) is 0 Å². The summed E-state index contributed by atoms with van der Waals surface area (Å²) in [5.41, 5.74) is 6.48. The molecule has 0 bridgehead atoms. The Labute approximate surface area is 148 Å². The number of hydrogen-bond acceptors (Lipinski definition) is 4. The van der Waals surface area contributed by atoms with Gasteiger partial charge in [0, 0.05) is 12.2 Å². The van der Waals surface area contributed by atoms with Crippen LogP contribution in [0, 0.1) is 0 Å². The van der Waals surface area contributed by atoms with Crippen LogP contribution in [0.2, 0.25) is 0 Å². The van der Waals surface area contributed by atoms with E-state index in [9.17, 15) is 18.0 Å². The van der Waals surface area contributed by atoms with Crippen molar-refractivity contribution in [1.82, 2.24) is 0 Å². The van der Waals surface area contributed by atoms with Crippen molar-refractivity contribution < 1.29 is 27.4 Å². The molecule has 2 rings (SSSR count). The summed E-state index contributed by atoms with van der Waals surface area (Å²) in [6.07, 6.45) is -4.40. The number of carbonyl (C=O) groups is 1. The van der Waals surface area contributed by atoms with E-state index in [0.29, 0.717) is 30.2 Å². The number of benzene rings is 2. The highest BCUT2D eigenvalue weighted by atomic mass is 19.4. The predicted octanol–water partition coefficient (Wildman–Crippen LogP) is 3.15. The van der Waals surface area contributed by atoms with Gasteiger partial charge in [-0.3, -0.25) is 4.79 Å². The Morgan fingerprint density at radius 1 is 1.04 bits per heavy atom. The highest BCUT2D eigenvalue weighted by Crippen LogP contribution is 2.20. The summed E-state index contributed by atoms with van der Waals surface area (Å²) in [5, 5.41) is 2.71. The third-order valence-electron chi connectivity index (χ3n) is 3.19. The lowest BCUT2D eigenvalue weighted by Crippen LogP contribution is -2.19. The number of nitrogens with one attached hydrogen (secondary N) is 1. The lowest BCUT2D eigenvalue weighted by atomic mass is 10.1. The molecule has 2 aromatic carbocycles. The largest absolute Gasteiger partial charge is 0.492 e. The zero-order valence-corrected chi connectivity index (χ0v) is 13.9. The van der Waals surface area contributed by atoms with E-state index in [2.05, 4.69) is 10.1 Å². The first-order valence-corrected chi connectivity index (χ1v) is 7.87. The molecule has 0 aliphatic rings. The molecule has 3 N–H and O–H groups in total. The molecule has 5 nitrogen and oxygen atoms in total. The first kappa shape index (κ1) is 19.6. The van der Waals surface area contributed by atoms with E-state index in [1.54, 1.807) is 30.3 Å². The number of carbonyl (C=O) groups excluding carboxylic acids is 1. The van der Waals surface area contributed by atoms with Gasteiger partial charge in [-0.25, -0.2) is 0 Å². The Bertz CT molecular complexity index is 718. The summed E-state index contributed by atoms with van der Waals surface area (Å²) in [6, 6.07) is 12.8. The minimum Gasteiger partial charge on any atom is -0.492 e. The van der Waals surface area contributed by atoms with Gasteiger partial charge in [-0.1, -0.05) is 12.1 Å². The van der Waals surface area contributed by atoms with Crippen LogP contribution in [-0.4, -0.2) is 31.8 Å². The SMILES string of the molecule is NCCOc1ccc(NC(=O)Cc2cccc(OCC(F)(F)F)c2)cc1. The lowest BCUT2D eigenvalue weighted by molar-refractivity contribution is -0.153. The molecule has 0 saturated heterocycles. The van der Waals surface area contributed by atoms with Crippen LogP contribution in [0.15, 0.2) is 48.5 Å². The zero-order valence-electron chi connectivity index (χ0n) is 13.9. The summed E-state index contributed by atoms with van der Waals surface area (Å²) in [6.45, 7) is -0.566. The average molecular weight is 368 g/mol. The van der Waals surface area contributed by atoms with Crippen LogP contribution in [0.4, 0.5) is 18.9 Å². The fourth-order valence-corrected chi connectivity index (χ4v) is 2.11. The van der Waals surface area contributed by atoms with Crippen molar-refractivity contribution in [3.8, 4) is 11.5 Å². The summed E-state index contributed by atoms with van der Waals surface area (Å²) in [4.78, 5) is 12.1. The Kier molecular flexibility index (Phi) is 6.85. The molecule has 0 aromatic heterocycles. The van der Waals surface area contributed by atoms with Crippen LogP contribution >= 0.6 is 0 Å². The first-order valence-electron chi connectivity index (χ1n) is 7.87. The zero-order chi connectivity index (χ0) is 19.0. The van der Waals surface area contributed by atoms with E-state index >= 15 is 0 Å². The number of halogens is 3. The van der Waals surface area contributed by atoms with E-state index in [-0.39, 0.29) is 18.1 Å². The molecule has 0 atom stereocenters. The van der Waals surface area contributed by atoms with E-state index in [4.69, 9.17) is 10.5 Å². The second-order valence-electron chi connectivity index (χ2n) is 5.44. The molecular weight excluding hydrogens is 349 g/mol. The van der Waals surface area contributed by atoms with Crippen molar-refractivity contribution in [1.29, 1.82) is 0 Å². The predicted molar refractivity (Wildman–Crippen MR) is 91.3 cm³/mol. The quantitative estimate of drug-likeness (QED) is 0.751. The maximum Gasteiger partial charge on any atom is 0.422 e. The van der Waals surface area contributed by atoms with Crippen molar-refractivity contribution in [3.63, 3.8) is 0 Å². The van der Waals surface area contributed by atoms with Gasteiger partial charge in [0.05, 0.1) is 6.42 Å². The summed E-state index contributed by atoms with van der Waals surface area (Å²) in [5.74, 6) is 0.408. The van der Waals surface area contributed by atoms with E-state index in [1.165, 1.54) is 18.2 Å². The maximum absolute atomic E-state index is 12.2. The average Bonchev–Trinajstić information content (AvgIpc) is 2.59. The molecule has 0 heterocycles. The topological polar surface area (TPSA) is 73.6 Å². The normalized spacial score (nSPS) is 11.1. The van der Waals surface area contributed by atoms with Crippen LogP contribution in [0.25, 0.3) is 0 Å². The van der Waals surface area contributed by atoms with Crippen molar-refractivity contribution >= 4 is 11.6 Å². The summed E-state index contributed by atoms with van der Waals surface area (Å²) in [7, 11) is 0. The summed E-state index contributed by atoms with van der Waals surface area (Å²) >= 11 is 0. The van der Waals surface area contributed by atoms with Gasteiger partial charge in [0.15, 0.2) is 6.61 Å². The fraction of sp³-hybridized carbons (Fsp3) is 0.278. The van der Waals surface area contributed by atoms with Crippen LogP contribution in [0.3, 0.4) is 0 Å². The highest BCUT2D eigenvalue weighted by Gasteiger charge is 2.28. The van der Waals surface area contributed by atoms with Crippen molar-refractivity contribution in [2.75, 3.05) is 25.1 Å². The Morgan fingerprint density at radius 2 is 1.77 bits per heavy atom. The van der Waals surface area contributed by atoms with Crippen molar-refractivity contribution in [2.45, 2.75) is 12.6 Å². The van der Waals surface area contributed by atoms with Crippen LogP contribution in [0.5, 0.6) is 11.5 Å². The van der Waals surface area contributed by atoms with Gasteiger partial charge in [0.1, 0.15) is 18.1 Å². The molecule has 0 aliphatic carbocycles. The van der Waals surface area contributed by atoms with Gasteiger partial charge in [-0.2, -0.15) is 13.2 Å². The molecule has 1 amide bonds. The third kappa shape index (κ3) is 7.02. The fourth-order valence-electron chi connectivity index (χ4n) is 2.11. The third-order valence-corrected chi connectivity index (χ3v) is 3.19. The Hall–Kier alpha value is -2.74. The Morgan fingerprint density at radius 3 is 2.42 bits per heavy atom. The van der Waals surface area contributed by atoms with Gasteiger partial charge >= 0.3 is 6.18 Å². The van der Waals surface area contributed by atoms with Crippen molar-refractivity contribution in [3.05, 3.63) is 54.1 Å². The molecule has 0 aliphatic heterocycles. The molecule has 2 aromatic rings. The molecule has 26 heavy (non-hydrogen) atoms. The lowest BCUT2D eigenvalue weighted by Gasteiger charge is -2.11. The second kappa shape index (κ2) is 9.10. The number of ether oxygens (including phenoxy) is 2. The van der Waals surface area contributed by atoms with Crippen LogP contribution in [0.1, 0.15) is 5.56 Å². The maximum atomic E-state index is 12.2. The van der Waals surface area contributed by atoms with E-state index in [1.807, 2.05) is 0 Å². The highest BCUT2D eigenvalue weighted by molar-refractivity contribution is 5.92. The number of rotatable bonds is 8. The summed E-state index contributed by atoms with van der Waals surface area (Å²) < 4.78 is 46.6. The Balaban J connectivity index is 1.89. The molecule has 0 spiro atoms. The number of hydrogen-bond donors (Lipinski definition) is 2. The molecule has 0 saturated carbocycles. The minimum absolute atomic E-state index is 0.00857. The van der Waals surface area contributed by atoms with E-state index < -0.39 is 12.8 Å². The van der Waals surface area contributed by atoms with Crippen molar-refractivity contribution in [2.24, 2.45) is 5.73 Å². The molecule has 0 unspecified atom stereocenters. The van der Waals surface area contributed by atoms with Gasteiger partial charge in [0.2, 0.25) is 5.91 Å². The molecular formula is C18H19F3N2O3. The second-order valence-corrected chi connectivity index (χ2v) is 5.44. The minimum atomic E-state index is -4.41. The standard InChI is InChI=1S/C18H19F3N2O3/c19-18(20,21)12-26-16-3-1-2-13(10-16)11-17(24)23-14-4-6-15(7-5-14)25-9-8-22/h1-7,10H,8-9,11-12,22H2,(H,23,24). The molecule has 0 fully saturated rings. The number of anilines is 1. The number of amides is 1. The molecule has 140 valence electrons. The van der Waals surface area contributed by atoms with Gasteiger partial charge < -0.3 is 20.5 Å². The van der Waals surface area contributed by atoms with Crippen LogP contribution in [-0.2, 0) is 11.2 Å². The number of nitrogens with two attached hydrogens (primary N) is 1. The van der Waals surface area contributed by atoms with Gasteiger partial charge in [-0.05, 0) is 42.0 Å². The van der Waals surface area contributed by atoms with Crippen LogP contribution < -0.4 is 20.5 Å². The van der Waals surface area contributed by atoms with E-state index in [0.717, 1.165) is 0 Å². The number of alkyl halides is 3. The molecule has 0 radical (unpaired) electrons. The monoisotopic (exact) mass is 368 g/mol. The smallest absolute Gasteiger partial charge is 0.422 e. The van der Waals surface area contributed by atoms with Gasteiger partial charge in [-0.15, -0.1) is 0 Å². The first-order chi connectivity index (χ1) is 12.4.